The van der Waals surface area contributed by atoms with Gasteiger partial charge in [0.15, 0.2) is 11.4 Å². The number of hydrazine groups is 1. The van der Waals surface area contributed by atoms with Gasteiger partial charge in [0.2, 0.25) is 5.91 Å². The van der Waals surface area contributed by atoms with Gasteiger partial charge < -0.3 is 4.74 Å². The smallest absolute Gasteiger partial charge is 0.294 e. The average Bonchev–Trinajstić information content (AvgIpc) is 3.16. The number of carbonyl (C=O) groups excluding carboxylic acids is 2. The molecule has 0 atom stereocenters. The Morgan fingerprint density at radius 2 is 1.84 bits per heavy atom. The van der Waals surface area contributed by atoms with E-state index >= 15 is 0 Å². The highest BCUT2D eigenvalue weighted by Crippen LogP contribution is 2.37. The molecule has 0 radical (unpaired) electrons. The fraction of sp³-hybridized carbons (Fsp3) is 0.227. The Hall–Kier alpha value is -3.03. The molecule has 3 aromatic rings. The van der Waals surface area contributed by atoms with Gasteiger partial charge in [-0.2, -0.15) is 5.10 Å². The van der Waals surface area contributed by atoms with Gasteiger partial charge in [-0.05, 0) is 37.1 Å². The van der Waals surface area contributed by atoms with Crippen molar-refractivity contribution in [3.63, 3.8) is 0 Å². The molecule has 0 aliphatic carbocycles. The molecule has 7 nitrogen and oxygen atoms in total. The van der Waals surface area contributed by atoms with E-state index in [2.05, 4.69) is 10.5 Å². The topological polar surface area (TPSA) is 76.5 Å². The van der Waals surface area contributed by atoms with Crippen LogP contribution in [-0.4, -0.2) is 40.3 Å². The number of amides is 2. The van der Waals surface area contributed by atoms with Crippen LogP contribution in [0.1, 0.15) is 29.8 Å². The molecule has 1 aliphatic rings. The Morgan fingerprint density at radius 3 is 2.52 bits per heavy atom. The normalized spacial score (nSPS) is 13.9. The number of benzene rings is 2. The monoisotopic (exact) mass is 458 g/mol. The van der Waals surface area contributed by atoms with Crippen LogP contribution in [0.5, 0.6) is 5.75 Å². The number of methoxy groups -OCH3 is 1. The third-order valence-corrected chi connectivity index (χ3v) is 5.59. The molecule has 9 heteroatoms. The molecule has 2 aromatic carbocycles. The molecule has 4 rings (SSSR count). The molecule has 1 aliphatic heterocycles. The first-order valence-electron chi connectivity index (χ1n) is 9.79. The lowest BCUT2D eigenvalue weighted by Gasteiger charge is -2.26. The van der Waals surface area contributed by atoms with Crippen LogP contribution in [0.2, 0.25) is 10.0 Å². The van der Waals surface area contributed by atoms with Crippen LogP contribution in [0.15, 0.2) is 48.5 Å². The molecule has 0 unspecified atom stereocenters. The lowest BCUT2D eigenvalue weighted by Crippen LogP contribution is -2.48. The highest BCUT2D eigenvalue weighted by atomic mass is 35.5. The zero-order valence-electron chi connectivity index (χ0n) is 16.8. The zero-order valence-corrected chi connectivity index (χ0v) is 18.3. The molecular weight excluding hydrogens is 439 g/mol. The quantitative estimate of drug-likeness (QED) is 0.609. The summed E-state index contributed by atoms with van der Waals surface area (Å²) in [6, 6.07) is 14.3. The number of hydrogen-bond acceptors (Lipinski definition) is 4. The van der Waals surface area contributed by atoms with Gasteiger partial charge in [-0.1, -0.05) is 47.5 Å². The SMILES string of the molecule is COc1c(C(=O)NN2CCCCC2=O)nn(-c2ccccc2Cl)c1-c1ccc(Cl)cc1. The van der Waals surface area contributed by atoms with E-state index in [9.17, 15) is 9.59 Å². The number of nitrogens with one attached hydrogen (secondary N) is 1. The summed E-state index contributed by atoms with van der Waals surface area (Å²) in [4.78, 5) is 25.2. The van der Waals surface area contributed by atoms with Gasteiger partial charge in [-0.15, -0.1) is 0 Å². The summed E-state index contributed by atoms with van der Waals surface area (Å²) in [6.45, 7) is 0.460. The third-order valence-electron chi connectivity index (χ3n) is 5.02. The summed E-state index contributed by atoms with van der Waals surface area (Å²) in [5, 5.41) is 6.90. The summed E-state index contributed by atoms with van der Waals surface area (Å²) < 4.78 is 7.18. The van der Waals surface area contributed by atoms with Crippen LogP contribution in [0, 0.1) is 0 Å². The van der Waals surface area contributed by atoms with Crippen molar-refractivity contribution in [2.75, 3.05) is 13.7 Å². The maximum absolute atomic E-state index is 13.1. The summed E-state index contributed by atoms with van der Waals surface area (Å²) in [7, 11) is 1.47. The predicted octanol–water partition coefficient (Wildman–Crippen LogP) is 4.51. The van der Waals surface area contributed by atoms with Crippen molar-refractivity contribution in [3.05, 3.63) is 64.3 Å². The Balaban J connectivity index is 1.83. The van der Waals surface area contributed by atoms with Crippen molar-refractivity contribution in [2.45, 2.75) is 19.3 Å². The molecule has 1 saturated heterocycles. The van der Waals surface area contributed by atoms with Gasteiger partial charge in [0, 0.05) is 23.6 Å². The minimum absolute atomic E-state index is 0.0470. The van der Waals surface area contributed by atoms with E-state index in [4.69, 9.17) is 27.9 Å². The number of aromatic nitrogens is 2. The summed E-state index contributed by atoms with van der Waals surface area (Å²) in [5.41, 5.74) is 4.57. The number of halogens is 2. The van der Waals surface area contributed by atoms with Gasteiger partial charge in [0.25, 0.3) is 5.91 Å². The fourth-order valence-corrected chi connectivity index (χ4v) is 3.85. The molecule has 0 bridgehead atoms. The van der Waals surface area contributed by atoms with Crippen molar-refractivity contribution in [1.29, 1.82) is 0 Å². The standard InChI is InChI=1S/C22H20Cl2N4O3/c1-31-21-19(22(30)26-27-13-5-4-8-18(27)29)25-28(17-7-3-2-6-16(17)24)20(21)14-9-11-15(23)12-10-14/h2-3,6-7,9-12H,4-5,8,13H2,1H3,(H,26,30). The highest BCUT2D eigenvalue weighted by molar-refractivity contribution is 6.32. The summed E-state index contributed by atoms with van der Waals surface area (Å²) >= 11 is 12.5. The molecular formula is C22H20Cl2N4O3. The number of nitrogens with zero attached hydrogens (tertiary/aromatic N) is 3. The predicted molar refractivity (Wildman–Crippen MR) is 119 cm³/mol. The summed E-state index contributed by atoms with van der Waals surface area (Å²) in [5.74, 6) is -0.389. The van der Waals surface area contributed by atoms with Crippen LogP contribution >= 0.6 is 23.2 Å². The van der Waals surface area contributed by atoms with Crippen molar-refractivity contribution >= 4 is 35.0 Å². The van der Waals surface area contributed by atoms with Crippen LogP contribution in [-0.2, 0) is 4.79 Å². The molecule has 1 fully saturated rings. The Bertz CT molecular complexity index is 1130. The summed E-state index contributed by atoms with van der Waals surface area (Å²) in [6.07, 6.45) is 2.05. The van der Waals surface area contributed by atoms with Crippen molar-refractivity contribution in [2.24, 2.45) is 0 Å². The number of para-hydroxylation sites is 1. The van der Waals surface area contributed by atoms with E-state index in [0.29, 0.717) is 34.4 Å². The van der Waals surface area contributed by atoms with Crippen molar-refractivity contribution < 1.29 is 14.3 Å². The van der Waals surface area contributed by atoms with E-state index < -0.39 is 5.91 Å². The highest BCUT2D eigenvalue weighted by Gasteiger charge is 2.29. The van der Waals surface area contributed by atoms with Gasteiger partial charge in [0.05, 0.1) is 17.8 Å². The van der Waals surface area contributed by atoms with Crippen molar-refractivity contribution in [1.82, 2.24) is 20.2 Å². The number of carbonyl (C=O) groups is 2. The molecule has 160 valence electrons. The first kappa shape index (κ1) is 21.2. The van der Waals surface area contributed by atoms with E-state index in [0.717, 1.165) is 18.4 Å². The van der Waals surface area contributed by atoms with E-state index in [1.54, 1.807) is 28.9 Å². The second kappa shape index (κ2) is 8.99. The molecule has 2 heterocycles. The fourth-order valence-electron chi connectivity index (χ4n) is 3.50. The molecule has 0 spiro atoms. The molecule has 31 heavy (non-hydrogen) atoms. The second-order valence-electron chi connectivity index (χ2n) is 7.04. The minimum atomic E-state index is -0.534. The van der Waals surface area contributed by atoms with Gasteiger partial charge >= 0.3 is 0 Å². The number of ether oxygens (including phenoxy) is 1. The maximum Gasteiger partial charge on any atom is 0.294 e. The van der Waals surface area contributed by atoms with Gasteiger partial charge in [0.1, 0.15) is 5.69 Å². The van der Waals surface area contributed by atoms with Gasteiger partial charge in [-0.3, -0.25) is 20.0 Å². The molecule has 1 N–H and O–H groups in total. The molecule has 0 saturated carbocycles. The molecule has 2 amide bonds. The zero-order chi connectivity index (χ0) is 22.0. The number of piperidine rings is 1. The van der Waals surface area contributed by atoms with Gasteiger partial charge in [-0.25, -0.2) is 4.68 Å². The molecule has 1 aromatic heterocycles. The average molecular weight is 459 g/mol. The first-order valence-corrected chi connectivity index (χ1v) is 10.5. The lowest BCUT2D eigenvalue weighted by molar-refractivity contribution is -0.135. The van der Waals surface area contributed by atoms with E-state index in [-0.39, 0.29) is 17.4 Å². The van der Waals surface area contributed by atoms with Crippen LogP contribution < -0.4 is 10.2 Å². The Morgan fingerprint density at radius 1 is 1.10 bits per heavy atom. The maximum atomic E-state index is 13.1. The minimum Gasteiger partial charge on any atom is -0.492 e. The van der Waals surface area contributed by atoms with Crippen LogP contribution in [0.25, 0.3) is 16.9 Å². The van der Waals surface area contributed by atoms with E-state index in [1.165, 1.54) is 12.1 Å². The van der Waals surface area contributed by atoms with E-state index in [1.807, 2.05) is 24.3 Å². The van der Waals surface area contributed by atoms with Crippen LogP contribution in [0.3, 0.4) is 0 Å². The Labute approximate surface area is 189 Å². The first-order chi connectivity index (χ1) is 15.0. The van der Waals surface area contributed by atoms with Crippen molar-refractivity contribution in [3.8, 4) is 22.7 Å². The van der Waals surface area contributed by atoms with Crippen LogP contribution in [0.4, 0.5) is 0 Å². The second-order valence-corrected chi connectivity index (χ2v) is 7.89. The Kier molecular flexibility index (Phi) is 6.15. The lowest BCUT2D eigenvalue weighted by atomic mass is 10.1. The number of hydrogen-bond donors (Lipinski definition) is 1. The largest absolute Gasteiger partial charge is 0.492 e. The number of rotatable bonds is 5. The third kappa shape index (κ3) is 4.24.